The van der Waals surface area contributed by atoms with Crippen molar-refractivity contribution in [1.29, 1.82) is 0 Å². The number of hydrogen-bond acceptors (Lipinski definition) is 19. The predicted molar refractivity (Wildman–Crippen MR) is 223 cm³/mol. The Kier molecular flexibility index (Phi) is 12.0. The van der Waals surface area contributed by atoms with Crippen LogP contribution in [0.4, 0.5) is 20.4 Å². The Morgan fingerprint density at radius 1 is 0.825 bits per heavy atom. The van der Waals surface area contributed by atoms with Gasteiger partial charge >= 0.3 is 12.8 Å². The molecule has 1 unspecified atom stereocenters. The Morgan fingerprint density at radius 2 is 1.41 bits per heavy atom. The molecule has 3 aliphatic rings. The molecule has 0 spiro atoms. The summed E-state index contributed by atoms with van der Waals surface area (Å²) in [4.78, 5) is 37.4. The van der Waals surface area contributed by atoms with Crippen LogP contribution < -0.4 is 20.9 Å². The quantitative estimate of drug-likeness (QED) is 0.0799. The number of ether oxygens (including phenoxy) is 4. The minimum atomic E-state index is -4.49. The fourth-order valence-electron chi connectivity index (χ4n) is 7.45. The molecule has 9 rings (SSSR count). The maximum Gasteiger partial charge on any atom is 0.389 e. The maximum absolute atomic E-state index is 16.8. The standard InChI is InChI=1S/C37H37BF2N10O10P2S/c1-2-54-21-9-5-20(6-10-21)37(51)57-22-7-3-19(4-8-22)14-63-62(53)56-11-24-23(26(39)35(58-24)49-17-47-28-31(41)43-15-45-33(28)49)13-61(38,52)55-12-25-30(60-62)27(40)36(59-25)50-18-48-29-32(42)44-16-46-34(29)50/h3-10,15-18,23-27,30,35-36H,2,11-14H2,1H3,(H2,41,43,45)(H2,42,44,46)/t23-,24-,25-,26-,27-,30-,35-,36-,61-,62?/m1/s1. The van der Waals surface area contributed by atoms with E-state index in [1.807, 2.05) is 6.92 Å². The SMILES string of the molecule is [B][P@@]1(=O)C[C@H]2[C@@H](F)[C@H](n3cnc4c(N)ncnc43)O[C@@H]2COP(=O)(SCc2ccc(OC(=O)c3ccc(OCC)cc3)cc2)O[C@H]2[C@@H](F)[C@H](n3cnc4c(N)ncnc43)O[C@@H]2CO1. The molecule has 3 aliphatic heterocycles. The Labute approximate surface area is 361 Å². The minimum Gasteiger partial charge on any atom is -0.494 e. The van der Waals surface area contributed by atoms with Gasteiger partial charge in [-0.3, -0.25) is 18.2 Å². The van der Waals surface area contributed by atoms with Gasteiger partial charge in [0.05, 0.1) is 44.1 Å². The topological polar surface area (TPSA) is 255 Å². The molecule has 4 aromatic heterocycles. The molecule has 6 aromatic rings. The molecule has 2 aromatic carbocycles. The molecular weight excluding hydrogens is 887 g/mol. The van der Waals surface area contributed by atoms with Crippen molar-refractivity contribution < 1.29 is 55.2 Å². The summed E-state index contributed by atoms with van der Waals surface area (Å²) in [7, 11) is 2.03. The highest BCUT2D eigenvalue weighted by molar-refractivity contribution is 8.54. The normalized spacial score (nSPS) is 30.0. The second-order valence-electron chi connectivity index (χ2n) is 14.6. The van der Waals surface area contributed by atoms with E-state index in [1.54, 1.807) is 48.5 Å². The summed E-state index contributed by atoms with van der Waals surface area (Å²) in [5.74, 6) is -0.924. The van der Waals surface area contributed by atoms with E-state index in [4.69, 9.17) is 51.6 Å². The fourth-order valence-corrected chi connectivity index (χ4v) is 12.4. The number of esters is 1. The number of imidazole rings is 2. The molecule has 0 saturated carbocycles. The van der Waals surface area contributed by atoms with E-state index < -0.39 is 88.4 Å². The summed E-state index contributed by atoms with van der Waals surface area (Å²) in [6.45, 7) is -3.37. The van der Waals surface area contributed by atoms with E-state index in [0.717, 1.165) is 0 Å². The first-order valence-electron chi connectivity index (χ1n) is 19.4. The van der Waals surface area contributed by atoms with Gasteiger partial charge in [0.2, 0.25) is 7.57 Å². The van der Waals surface area contributed by atoms with Gasteiger partial charge in [-0.25, -0.2) is 48.0 Å². The minimum absolute atomic E-state index is 0.0225. The monoisotopic (exact) mass is 924 g/mol. The number of aromatic nitrogens is 8. The number of nitrogens with two attached hydrogens (primary N) is 2. The molecule has 20 nitrogen and oxygen atoms in total. The zero-order valence-electron chi connectivity index (χ0n) is 33.0. The van der Waals surface area contributed by atoms with Crippen molar-refractivity contribution >= 4 is 72.9 Å². The maximum atomic E-state index is 16.8. The van der Waals surface area contributed by atoms with Crippen LogP contribution in [0.15, 0.2) is 73.8 Å². The Morgan fingerprint density at radius 3 is 2.05 bits per heavy atom. The molecule has 7 heterocycles. The van der Waals surface area contributed by atoms with Crippen molar-refractivity contribution in [2.24, 2.45) is 5.92 Å². The molecule has 0 amide bonds. The summed E-state index contributed by atoms with van der Waals surface area (Å²) in [5.41, 5.74) is 13.5. The van der Waals surface area contributed by atoms with Crippen LogP contribution >= 0.6 is 25.4 Å². The third kappa shape index (κ3) is 8.78. The van der Waals surface area contributed by atoms with Crippen LogP contribution in [0.25, 0.3) is 22.3 Å². The summed E-state index contributed by atoms with van der Waals surface area (Å²) in [6, 6.07) is 12.9. The van der Waals surface area contributed by atoms with Crippen molar-refractivity contribution in [3.63, 3.8) is 0 Å². The van der Waals surface area contributed by atoms with Gasteiger partial charge in [-0.1, -0.05) is 12.1 Å². The molecule has 3 saturated heterocycles. The second-order valence-corrected chi connectivity index (χ2v) is 20.7. The zero-order valence-corrected chi connectivity index (χ0v) is 35.6. The van der Waals surface area contributed by atoms with Crippen LogP contribution in [-0.2, 0) is 37.9 Å². The molecule has 63 heavy (non-hydrogen) atoms. The van der Waals surface area contributed by atoms with Gasteiger partial charge in [-0.15, -0.1) is 0 Å². The number of alkyl halides is 2. The lowest BCUT2D eigenvalue weighted by Gasteiger charge is -2.30. The number of nitrogens with zero attached hydrogens (tertiary/aromatic N) is 8. The summed E-state index contributed by atoms with van der Waals surface area (Å²) >= 11 is 0.714. The van der Waals surface area contributed by atoms with E-state index >= 15 is 8.78 Å². The number of anilines is 2. The van der Waals surface area contributed by atoms with Gasteiger partial charge in [-0.05, 0) is 60.3 Å². The predicted octanol–water partition coefficient (Wildman–Crippen LogP) is 5.37. The van der Waals surface area contributed by atoms with Gasteiger partial charge in [0, 0.05) is 17.8 Å². The Balaban J connectivity index is 0.984. The Hall–Kier alpha value is -5.06. The highest BCUT2D eigenvalue weighted by atomic mass is 32.7. The lowest BCUT2D eigenvalue weighted by molar-refractivity contribution is -0.0448. The highest BCUT2D eigenvalue weighted by Gasteiger charge is 2.54. The van der Waals surface area contributed by atoms with Gasteiger partial charge in [0.15, 0.2) is 47.7 Å². The molecule has 10 atom stereocenters. The van der Waals surface area contributed by atoms with E-state index in [9.17, 15) is 13.9 Å². The van der Waals surface area contributed by atoms with E-state index in [-0.39, 0.29) is 45.5 Å². The largest absolute Gasteiger partial charge is 0.494 e. The van der Waals surface area contributed by atoms with Gasteiger partial charge in [-0.2, -0.15) is 0 Å². The average molecular weight is 925 g/mol. The summed E-state index contributed by atoms with van der Waals surface area (Å²) in [5, 5.41) is 0. The number of fused-ring (bicyclic) bond motifs is 4. The number of nitrogen functional groups attached to an aromatic ring is 2. The first kappa shape index (κ1) is 43.2. The highest BCUT2D eigenvalue weighted by Crippen LogP contribution is 2.65. The smallest absolute Gasteiger partial charge is 0.389 e. The number of halogens is 2. The first-order valence-corrected chi connectivity index (χ1v) is 24.4. The van der Waals surface area contributed by atoms with Crippen molar-refractivity contribution in [2.75, 3.05) is 37.4 Å². The van der Waals surface area contributed by atoms with Crippen molar-refractivity contribution in [2.45, 2.75) is 55.8 Å². The van der Waals surface area contributed by atoms with Crippen molar-refractivity contribution in [3.8, 4) is 11.5 Å². The molecule has 328 valence electrons. The lowest BCUT2D eigenvalue weighted by atomic mass is 10.0. The summed E-state index contributed by atoms with van der Waals surface area (Å²) < 4.78 is 106. The molecule has 0 aliphatic carbocycles. The average Bonchev–Trinajstić information content (AvgIpc) is 4.04. The second kappa shape index (κ2) is 17.5. The summed E-state index contributed by atoms with van der Waals surface area (Å²) in [6.07, 6.45) is -6.83. The van der Waals surface area contributed by atoms with E-state index in [2.05, 4.69) is 29.9 Å². The third-order valence-corrected chi connectivity index (χ3v) is 15.7. The Bertz CT molecular complexity index is 2740. The van der Waals surface area contributed by atoms with Crippen molar-refractivity contribution in [3.05, 3.63) is 85.0 Å². The third-order valence-electron chi connectivity index (χ3n) is 10.6. The van der Waals surface area contributed by atoms with Gasteiger partial charge < -0.3 is 39.5 Å². The van der Waals surface area contributed by atoms with E-state index in [1.165, 1.54) is 34.4 Å². The van der Waals surface area contributed by atoms with Crippen molar-refractivity contribution in [1.82, 2.24) is 39.0 Å². The number of carbonyl (C=O) groups is 1. The van der Waals surface area contributed by atoms with Gasteiger partial charge in [0.25, 0.3) is 0 Å². The number of hydrogen-bond donors (Lipinski definition) is 2. The fraction of sp³-hybridized carbons (Fsp3) is 0.378. The molecule has 26 heteroatoms. The molecule has 3 fully saturated rings. The number of benzene rings is 2. The molecule has 0 bridgehead atoms. The van der Waals surface area contributed by atoms with Gasteiger partial charge in [0.1, 0.15) is 54.6 Å². The number of rotatable bonds is 9. The first-order chi connectivity index (χ1) is 30.3. The van der Waals surface area contributed by atoms with Crippen LogP contribution in [0.5, 0.6) is 11.5 Å². The van der Waals surface area contributed by atoms with Crippen LogP contribution in [0.1, 0.15) is 35.3 Å². The van der Waals surface area contributed by atoms with Crippen LogP contribution in [0, 0.1) is 5.92 Å². The van der Waals surface area contributed by atoms with Crippen LogP contribution in [0.2, 0.25) is 0 Å². The molecular formula is C37H37BF2N10O10P2S. The lowest BCUT2D eigenvalue weighted by Crippen LogP contribution is -2.35. The number of carbonyl (C=O) groups excluding carboxylic acids is 1. The van der Waals surface area contributed by atoms with E-state index in [0.29, 0.717) is 34.9 Å². The van der Waals surface area contributed by atoms with Crippen LogP contribution in [-0.4, -0.2) is 109 Å². The van der Waals surface area contributed by atoms with Crippen LogP contribution in [0.3, 0.4) is 0 Å². The molecule has 4 N–H and O–H groups in total. The molecule has 2 radical (unpaired) electrons. The zero-order chi connectivity index (χ0) is 44.0.